The van der Waals surface area contributed by atoms with Crippen LogP contribution in [0.5, 0.6) is 0 Å². The van der Waals surface area contributed by atoms with E-state index in [2.05, 4.69) is 10.3 Å². The minimum Gasteiger partial charge on any atom is -0.363 e. The third kappa shape index (κ3) is 5.33. The lowest BCUT2D eigenvalue weighted by molar-refractivity contribution is -0.137. The molecule has 120 valence electrons. The fraction of sp³-hybridized carbons (Fsp3) is 0.667. The van der Waals surface area contributed by atoms with E-state index in [1.807, 2.05) is 4.72 Å². The standard InChI is InChI=1S/C12H18F3N3O2S/c1-8(5-12(13,14)15)18-21(19,20)11-4-10(17-7-11)6-16-9-2-3-9/h4,7-9,16-18H,2-3,5-6H2,1H3. The van der Waals surface area contributed by atoms with Crippen LogP contribution >= 0.6 is 0 Å². The molecular weight excluding hydrogens is 307 g/mol. The van der Waals surface area contributed by atoms with E-state index in [0.717, 1.165) is 12.8 Å². The van der Waals surface area contributed by atoms with Crippen LogP contribution in [0.15, 0.2) is 17.2 Å². The summed E-state index contributed by atoms with van der Waals surface area (Å²) < 4.78 is 62.6. The summed E-state index contributed by atoms with van der Waals surface area (Å²) in [6.07, 6.45) is -2.09. The van der Waals surface area contributed by atoms with Crippen molar-refractivity contribution in [2.45, 2.75) is 55.9 Å². The van der Waals surface area contributed by atoms with Gasteiger partial charge in [-0.2, -0.15) is 13.2 Å². The number of alkyl halides is 3. The van der Waals surface area contributed by atoms with Gasteiger partial charge in [0.2, 0.25) is 10.0 Å². The van der Waals surface area contributed by atoms with Gasteiger partial charge in [0.05, 0.1) is 11.3 Å². The van der Waals surface area contributed by atoms with E-state index in [1.165, 1.54) is 19.2 Å². The minimum absolute atomic E-state index is 0.0517. The van der Waals surface area contributed by atoms with Crippen molar-refractivity contribution in [2.75, 3.05) is 0 Å². The second-order valence-electron chi connectivity index (χ2n) is 5.36. The Morgan fingerprint density at radius 3 is 2.67 bits per heavy atom. The first-order chi connectivity index (χ1) is 9.66. The van der Waals surface area contributed by atoms with Gasteiger partial charge in [-0.1, -0.05) is 0 Å². The first-order valence-electron chi connectivity index (χ1n) is 6.65. The predicted molar refractivity (Wildman–Crippen MR) is 71.1 cm³/mol. The van der Waals surface area contributed by atoms with Crippen molar-refractivity contribution in [3.05, 3.63) is 18.0 Å². The van der Waals surface area contributed by atoms with E-state index in [9.17, 15) is 21.6 Å². The molecule has 0 aliphatic heterocycles. The van der Waals surface area contributed by atoms with Crippen LogP contribution in [-0.2, 0) is 16.6 Å². The molecule has 1 aliphatic carbocycles. The zero-order chi connectivity index (χ0) is 15.7. The summed E-state index contributed by atoms with van der Waals surface area (Å²) in [6.45, 7) is 1.70. The molecule has 2 rings (SSSR count). The van der Waals surface area contributed by atoms with Gasteiger partial charge < -0.3 is 10.3 Å². The maximum Gasteiger partial charge on any atom is 0.390 e. The first-order valence-corrected chi connectivity index (χ1v) is 8.14. The molecule has 21 heavy (non-hydrogen) atoms. The number of halogens is 3. The van der Waals surface area contributed by atoms with Crippen LogP contribution < -0.4 is 10.0 Å². The van der Waals surface area contributed by atoms with Crippen molar-refractivity contribution >= 4 is 10.0 Å². The molecular formula is C12H18F3N3O2S. The van der Waals surface area contributed by atoms with Gasteiger partial charge in [0.25, 0.3) is 0 Å². The Morgan fingerprint density at radius 1 is 1.43 bits per heavy atom. The summed E-state index contributed by atoms with van der Waals surface area (Å²) in [5, 5.41) is 3.21. The molecule has 1 aromatic rings. The van der Waals surface area contributed by atoms with E-state index in [1.54, 1.807) is 0 Å². The quantitative estimate of drug-likeness (QED) is 0.717. The maximum atomic E-state index is 12.2. The normalized spacial score (nSPS) is 17.9. The third-order valence-corrected chi connectivity index (χ3v) is 4.65. The number of H-pyrrole nitrogens is 1. The van der Waals surface area contributed by atoms with Crippen molar-refractivity contribution in [2.24, 2.45) is 0 Å². The molecule has 0 spiro atoms. The van der Waals surface area contributed by atoms with Crippen molar-refractivity contribution in [3.8, 4) is 0 Å². The Bertz CT molecular complexity index is 579. The number of aromatic amines is 1. The summed E-state index contributed by atoms with van der Waals surface area (Å²) in [7, 11) is -3.94. The third-order valence-electron chi connectivity index (χ3n) is 3.08. The Hall–Kier alpha value is -1.06. The number of hydrogen-bond acceptors (Lipinski definition) is 3. The van der Waals surface area contributed by atoms with Crippen molar-refractivity contribution in [1.29, 1.82) is 0 Å². The highest BCUT2D eigenvalue weighted by Gasteiger charge is 2.32. The monoisotopic (exact) mass is 325 g/mol. The van der Waals surface area contributed by atoms with Crippen molar-refractivity contribution in [3.63, 3.8) is 0 Å². The fourth-order valence-electron chi connectivity index (χ4n) is 1.94. The largest absolute Gasteiger partial charge is 0.390 e. The second kappa shape index (κ2) is 5.98. The van der Waals surface area contributed by atoms with Crippen LogP contribution in [0, 0.1) is 0 Å². The molecule has 0 radical (unpaired) electrons. The number of hydrogen-bond donors (Lipinski definition) is 3. The molecule has 1 saturated carbocycles. The second-order valence-corrected chi connectivity index (χ2v) is 7.07. The van der Waals surface area contributed by atoms with Gasteiger partial charge >= 0.3 is 6.18 Å². The molecule has 0 aromatic carbocycles. The topological polar surface area (TPSA) is 74.0 Å². The lowest BCUT2D eigenvalue weighted by atomic mass is 10.2. The molecule has 1 heterocycles. The van der Waals surface area contributed by atoms with Crippen LogP contribution in [0.2, 0.25) is 0 Å². The fourth-order valence-corrected chi connectivity index (χ4v) is 3.20. The summed E-state index contributed by atoms with van der Waals surface area (Å²) in [4.78, 5) is 2.76. The lowest BCUT2D eigenvalue weighted by Gasteiger charge is -2.15. The molecule has 0 saturated heterocycles. The molecule has 1 atom stereocenters. The average molecular weight is 325 g/mol. The van der Waals surface area contributed by atoms with E-state index in [0.29, 0.717) is 18.3 Å². The lowest BCUT2D eigenvalue weighted by Crippen LogP contribution is -2.35. The Kier molecular flexibility index (Phi) is 4.64. The number of rotatable bonds is 7. The molecule has 9 heteroatoms. The highest BCUT2D eigenvalue weighted by molar-refractivity contribution is 7.89. The summed E-state index contributed by atoms with van der Waals surface area (Å²) in [6, 6.07) is 0.703. The molecule has 1 unspecified atom stereocenters. The van der Waals surface area contributed by atoms with Crippen molar-refractivity contribution in [1.82, 2.24) is 15.0 Å². The average Bonchev–Trinajstić information content (AvgIpc) is 2.99. The van der Waals surface area contributed by atoms with Crippen LogP contribution in [0.1, 0.15) is 31.9 Å². The van der Waals surface area contributed by atoms with Crippen LogP contribution in [-0.4, -0.2) is 31.7 Å². The van der Waals surface area contributed by atoms with Crippen LogP contribution in [0.3, 0.4) is 0 Å². The number of sulfonamides is 1. The SMILES string of the molecule is CC(CC(F)(F)F)NS(=O)(=O)c1c[nH]c(CNC2CC2)c1. The molecule has 0 amide bonds. The Labute approximate surface area is 121 Å². The van der Waals surface area contributed by atoms with Crippen LogP contribution in [0.4, 0.5) is 13.2 Å². The minimum atomic E-state index is -4.40. The highest BCUT2D eigenvalue weighted by atomic mass is 32.2. The predicted octanol–water partition coefficient (Wildman–Crippen LogP) is 1.89. The summed E-state index contributed by atoms with van der Waals surface area (Å²) in [5.74, 6) is 0. The van der Waals surface area contributed by atoms with E-state index in [4.69, 9.17) is 0 Å². The van der Waals surface area contributed by atoms with Gasteiger partial charge in [-0.25, -0.2) is 13.1 Å². The molecule has 1 fully saturated rings. The van der Waals surface area contributed by atoms with Gasteiger partial charge in [0.15, 0.2) is 0 Å². The molecule has 0 bridgehead atoms. The number of aromatic nitrogens is 1. The van der Waals surface area contributed by atoms with Gasteiger partial charge in [-0.05, 0) is 25.8 Å². The first kappa shape index (κ1) is 16.3. The summed E-state index contributed by atoms with van der Waals surface area (Å²) >= 11 is 0. The highest BCUT2D eigenvalue weighted by Crippen LogP contribution is 2.23. The van der Waals surface area contributed by atoms with E-state index < -0.39 is 28.7 Å². The molecule has 5 nitrogen and oxygen atoms in total. The molecule has 1 aromatic heterocycles. The smallest absolute Gasteiger partial charge is 0.363 e. The maximum absolute atomic E-state index is 12.2. The van der Waals surface area contributed by atoms with E-state index >= 15 is 0 Å². The summed E-state index contributed by atoms with van der Waals surface area (Å²) in [5.41, 5.74) is 0.686. The zero-order valence-electron chi connectivity index (χ0n) is 11.5. The Balaban J connectivity index is 1.94. The van der Waals surface area contributed by atoms with Crippen LogP contribution in [0.25, 0.3) is 0 Å². The zero-order valence-corrected chi connectivity index (χ0v) is 12.3. The van der Waals surface area contributed by atoms with Gasteiger partial charge in [0, 0.05) is 30.5 Å². The van der Waals surface area contributed by atoms with Gasteiger partial charge in [0.1, 0.15) is 0 Å². The molecule has 3 N–H and O–H groups in total. The van der Waals surface area contributed by atoms with E-state index in [-0.39, 0.29) is 4.90 Å². The Morgan fingerprint density at radius 2 is 2.10 bits per heavy atom. The van der Waals surface area contributed by atoms with Crippen molar-refractivity contribution < 1.29 is 21.6 Å². The number of nitrogens with one attached hydrogen (secondary N) is 3. The van der Waals surface area contributed by atoms with Gasteiger partial charge in [-0.15, -0.1) is 0 Å². The molecule has 1 aliphatic rings. The van der Waals surface area contributed by atoms with Gasteiger partial charge in [-0.3, -0.25) is 0 Å².